The number of piperazine rings is 1. The first-order chi connectivity index (χ1) is 17.2. The van der Waals surface area contributed by atoms with E-state index in [0.29, 0.717) is 37.3 Å². The van der Waals surface area contributed by atoms with Crippen molar-refractivity contribution in [2.75, 3.05) is 37.7 Å². The number of anilines is 1. The minimum absolute atomic E-state index is 0. The van der Waals surface area contributed by atoms with Gasteiger partial charge in [0.15, 0.2) is 0 Å². The van der Waals surface area contributed by atoms with Crippen LogP contribution in [0.5, 0.6) is 0 Å². The van der Waals surface area contributed by atoms with Gasteiger partial charge >= 0.3 is 64.5 Å². The number of hydrogen-bond donors (Lipinski definition) is 0. The topological polar surface area (TPSA) is 32.8 Å². The SMILES string of the molecule is Cc1c(I)cc(N2CCN(C(=O)OCC3c4ccccc4-c4ccccc43)CC2)cc1C[B-](F)(F)F.[K+]. The molecule has 0 radical (unpaired) electrons. The summed E-state index contributed by atoms with van der Waals surface area (Å²) in [5.41, 5.74) is 6.47. The molecule has 3 aromatic carbocycles. The van der Waals surface area contributed by atoms with E-state index < -0.39 is 13.3 Å². The van der Waals surface area contributed by atoms with Crippen molar-refractivity contribution in [1.82, 2.24) is 4.90 Å². The number of benzene rings is 3. The first-order valence-electron chi connectivity index (χ1n) is 12.1. The van der Waals surface area contributed by atoms with Crippen molar-refractivity contribution < 1.29 is 73.9 Å². The zero-order valence-corrected chi connectivity index (χ0v) is 26.2. The van der Waals surface area contributed by atoms with Gasteiger partial charge < -0.3 is 27.5 Å². The molecule has 1 aliphatic carbocycles. The zero-order chi connectivity index (χ0) is 25.4. The van der Waals surface area contributed by atoms with Gasteiger partial charge in [-0.05, 0) is 69.5 Å². The third-order valence-electron chi connectivity index (χ3n) is 7.13. The molecule has 0 atom stereocenters. The van der Waals surface area contributed by atoms with Crippen molar-refractivity contribution in [2.24, 2.45) is 0 Å². The Balaban J connectivity index is 0.00000320. The normalized spacial score (nSPS) is 15.2. The number of carbonyl (C=O) groups excluding carboxylic acids is 1. The molecule has 37 heavy (non-hydrogen) atoms. The molecular formula is C27H26BF3IKN2O2. The predicted molar refractivity (Wildman–Crippen MR) is 146 cm³/mol. The molecular weight excluding hydrogens is 618 g/mol. The second-order valence-corrected chi connectivity index (χ2v) is 10.6. The summed E-state index contributed by atoms with van der Waals surface area (Å²) in [6, 6.07) is 20.0. The Morgan fingerprint density at radius 2 is 1.54 bits per heavy atom. The van der Waals surface area contributed by atoms with Gasteiger partial charge in [0.25, 0.3) is 0 Å². The number of carbonyl (C=O) groups is 1. The van der Waals surface area contributed by atoms with Crippen molar-refractivity contribution in [3.63, 3.8) is 0 Å². The maximum Gasteiger partial charge on any atom is 1.00 e. The molecule has 4 nitrogen and oxygen atoms in total. The van der Waals surface area contributed by atoms with E-state index in [1.165, 1.54) is 22.3 Å². The van der Waals surface area contributed by atoms with Crippen LogP contribution in [0.4, 0.5) is 23.4 Å². The van der Waals surface area contributed by atoms with E-state index in [9.17, 15) is 17.7 Å². The molecule has 1 aliphatic heterocycles. The van der Waals surface area contributed by atoms with Crippen LogP contribution >= 0.6 is 22.6 Å². The molecule has 0 spiro atoms. The van der Waals surface area contributed by atoms with Crippen molar-refractivity contribution in [1.29, 1.82) is 0 Å². The summed E-state index contributed by atoms with van der Waals surface area (Å²) < 4.78 is 45.9. The molecule has 0 saturated carbocycles. The number of ether oxygens (including phenoxy) is 1. The van der Waals surface area contributed by atoms with Crippen LogP contribution in [0.3, 0.4) is 0 Å². The van der Waals surface area contributed by atoms with E-state index in [0.717, 1.165) is 9.26 Å². The van der Waals surface area contributed by atoms with Crippen molar-refractivity contribution in [2.45, 2.75) is 19.2 Å². The van der Waals surface area contributed by atoms with E-state index >= 15 is 0 Å². The van der Waals surface area contributed by atoms with Gasteiger partial charge in [0.2, 0.25) is 0 Å². The van der Waals surface area contributed by atoms with E-state index in [-0.39, 0.29) is 70.0 Å². The molecule has 1 heterocycles. The van der Waals surface area contributed by atoms with Gasteiger partial charge in [-0.1, -0.05) is 60.4 Å². The third-order valence-corrected chi connectivity index (χ3v) is 8.25. The number of hydrogen-bond acceptors (Lipinski definition) is 3. The number of amides is 1. The summed E-state index contributed by atoms with van der Waals surface area (Å²) >= 11 is 2.10. The average molecular weight is 644 g/mol. The molecule has 188 valence electrons. The fourth-order valence-corrected chi connectivity index (χ4v) is 5.86. The van der Waals surface area contributed by atoms with Gasteiger partial charge in [0.05, 0.1) is 0 Å². The molecule has 3 aromatic rings. The number of fused-ring (bicyclic) bond motifs is 3. The third kappa shape index (κ3) is 6.41. The summed E-state index contributed by atoms with van der Waals surface area (Å²) in [5.74, 6) is 0.00549. The Hall–Kier alpha value is -1.05. The Morgan fingerprint density at radius 3 is 2.11 bits per heavy atom. The fraction of sp³-hybridized carbons (Fsp3) is 0.296. The Morgan fingerprint density at radius 1 is 0.973 bits per heavy atom. The second kappa shape index (κ2) is 12.0. The largest absolute Gasteiger partial charge is 1.00 e. The van der Waals surface area contributed by atoms with Crippen LogP contribution in [0.1, 0.15) is 28.2 Å². The van der Waals surface area contributed by atoms with Crippen LogP contribution in [0.2, 0.25) is 0 Å². The monoisotopic (exact) mass is 644 g/mol. The van der Waals surface area contributed by atoms with Crippen molar-refractivity contribution in [3.8, 4) is 11.1 Å². The summed E-state index contributed by atoms with van der Waals surface area (Å²) in [7, 11) is 0. The molecule has 2 aliphatic rings. The van der Waals surface area contributed by atoms with E-state index in [4.69, 9.17) is 4.74 Å². The Labute approximate surface area is 271 Å². The molecule has 0 aromatic heterocycles. The van der Waals surface area contributed by atoms with Crippen molar-refractivity contribution >= 4 is 41.3 Å². The predicted octanol–water partition coefficient (Wildman–Crippen LogP) is 3.60. The van der Waals surface area contributed by atoms with E-state index in [1.807, 2.05) is 35.2 Å². The first kappa shape index (κ1) is 28.9. The molecule has 5 rings (SSSR count). The van der Waals surface area contributed by atoms with Crippen LogP contribution < -0.4 is 56.3 Å². The van der Waals surface area contributed by atoms with Gasteiger partial charge in [-0.2, -0.15) is 0 Å². The van der Waals surface area contributed by atoms with E-state index in [2.05, 4.69) is 46.9 Å². The van der Waals surface area contributed by atoms with Crippen LogP contribution in [-0.2, 0) is 11.1 Å². The number of nitrogens with zero attached hydrogens (tertiary/aromatic N) is 2. The molecule has 1 amide bonds. The maximum atomic E-state index is 13.1. The molecule has 1 saturated heterocycles. The average Bonchev–Trinajstić information content (AvgIpc) is 3.18. The van der Waals surface area contributed by atoms with Crippen molar-refractivity contribution in [3.05, 3.63) is 86.5 Å². The molecule has 0 N–H and O–H groups in total. The van der Waals surface area contributed by atoms with Crippen LogP contribution in [0.25, 0.3) is 11.1 Å². The quantitative estimate of drug-likeness (QED) is 0.315. The summed E-state index contributed by atoms with van der Waals surface area (Å²) in [4.78, 5) is 16.6. The minimum Gasteiger partial charge on any atom is -0.449 e. The van der Waals surface area contributed by atoms with Crippen LogP contribution in [0.15, 0.2) is 60.7 Å². The molecule has 10 heteroatoms. The fourth-order valence-electron chi connectivity index (χ4n) is 5.20. The summed E-state index contributed by atoms with van der Waals surface area (Å²) in [6.07, 6.45) is -1.23. The Bertz CT molecular complexity index is 1250. The van der Waals surface area contributed by atoms with Crippen LogP contribution in [-0.4, -0.2) is 50.8 Å². The van der Waals surface area contributed by atoms with Gasteiger partial charge in [-0.3, -0.25) is 0 Å². The van der Waals surface area contributed by atoms with Crippen LogP contribution in [0, 0.1) is 10.5 Å². The van der Waals surface area contributed by atoms with Gasteiger partial charge in [0, 0.05) is 41.4 Å². The minimum atomic E-state index is -4.91. The standard InChI is InChI=1S/C27H26BF3IN2O2.K/c1-18-19(16-28(29,30)31)14-20(15-26(18)32)33-10-12-34(13-11-33)27(35)36-17-25-23-8-4-2-6-21(23)22-7-3-5-9-24(22)25;/h2-9,14-15,25H,10-13,16-17H2,1H3;/q-1;+1. The molecule has 1 fully saturated rings. The number of rotatable bonds is 5. The van der Waals surface area contributed by atoms with Gasteiger partial charge in [-0.15, -0.1) is 0 Å². The molecule has 0 unspecified atom stereocenters. The molecule has 0 bridgehead atoms. The smallest absolute Gasteiger partial charge is 0.449 e. The summed E-state index contributed by atoms with van der Waals surface area (Å²) in [5, 5.41) is 0. The van der Waals surface area contributed by atoms with E-state index in [1.54, 1.807) is 17.9 Å². The first-order valence-corrected chi connectivity index (χ1v) is 13.1. The van der Waals surface area contributed by atoms with Gasteiger partial charge in [-0.25, -0.2) is 4.79 Å². The summed E-state index contributed by atoms with van der Waals surface area (Å²) in [6.45, 7) is -0.905. The number of halogens is 4. The van der Waals surface area contributed by atoms with Gasteiger partial charge in [0.1, 0.15) is 6.61 Å². The Kier molecular flexibility index (Phi) is 9.39. The second-order valence-electron chi connectivity index (χ2n) is 9.40. The zero-order valence-electron chi connectivity index (χ0n) is 20.9. The maximum absolute atomic E-state index is 13.1.